The standard InChI is InChI=1S/C19H30N4O3/c1-5-20-19(23-11-9-22(10-12-23)15(3)24)21-14-16-7-8-17(25-4)18(13-16)26-6-2/h7-8,13H,5-6,9-12,14H2,1-4H3,(H,20,21). The molecule has 0 aromatic heterocycles. The Bertz CT molecular complexity index is 625. The van der Waals surface area contributed by atoms with Crippen molar-refractivity contribution in [2.24, 2.45) is 4.99 Å². The van der Waals surface area contributed by atoms with Crippen molar-refractivity contribution < 1.29 is 14.3 Å². The van der Waals surface area contributed by atoms with Gasteiger partial charge in [0.05, 0.1) is 20.3 Å². The quantitative estimate of drug-likeness (QED) is 0.617. The Kier molecular flexibility index (Phi) is 7.56. The fraction of sp³-hybridized carbons (Fsp3) is 0.579. The lowest BCUT2D eigenvalue weighted by molar-refractivity contribution is -0.130. The summed E-state index contributed by atoms with van der Waals surface area (Å²) in [6.45, 7) is 10.6. The van der Waals surface area contributed by atoms with Gasteiger partial charge in [0.15, 0.2) is 17.5 Å². The number of benzene rings is 1. The Morgan fingerprint density at radius 3 is 2.42 bits per heavy atom. The van der Waals surface area contributed by atoms with Gasteiger partial charge in [-0.15, -0.1) is 0 Å². The Balaban J connectivity index is 2.07. The van der Waals surface area contributed by atoms with E-state index in [0.29, 0.717) is 13.2 Å². The highest BCUT2D eigenvalue weighted by Gasteiger charge is 2.20. The molecule has 0 radical (unpaired) electrons. The zero-order valence-corrected chi connectivity index (χ0v) is 16.2. The molecule has 0 aliphatic carbocycles. The third-order valence-corrected chi connectivity index (χ3v) is 4.30. The number of rotatable bonds is 6. The van der Waals surface area contributed by atoms with E-state index in [-0.39, 0.29) is 5.91 Å². The maximum absolute atomic E-state index is 11.5. The second-order valence-electron chi connectivity index (χ2n) is 6.08. The number of amides is 1. The average molecular weight is 362 g/mol. The molecule has 0 atom stereocenters. The molecule has 1 aromatic rings. The van der Waals surface area contributed by atoms with Crippen LogP contribution in [0.5, 0.6) is 11.5 Å². The number of methoxy groups -OCH3 is 1. The number of hydrogen-bond acceptors (Lipinski definition) is 4. The van der Waals surface area contributed by atoms with Gasteiger partial charge in [0.25, 0.3) is 0 Å². The summed E-state index contributed by atoms with van der Waals surface area (Å²) in [4.78, 5) is 20.3. The van der Waals surface area contributed by atoms with Gasteiger partial charge in [0.2, 0.25) is 5.91 Å². The number of carbonyl (C=O) groups is 1. The fourth-order valence-corrected chi connectivity index (χ4v) is 2.91. The van der Waals surface area contributed by atoms with Gasteiger partial charge < -0.3 is 24.6 Å². The molecule has 1 heterocycles. The number of guanidine groups is 1. The van der Waals surface area contributed by atoms with Crippen LogP contribution in [0.25, 0.3) is 0 Å². The van der Waals surface area contributed by atoms with Gasteiger partial charge in [0, 0.05) is 39.6 Å². The van der Waals surface area contributed by atoms with Crippen LogP contribution in [-0.4, -0.2) is 68.1 Å². The molecule has 1 N–H and O–H groups in total. The van der Waals surface area contributed by atoms with Crippen LogP contribution in [0.15, 0.2) is 23.2 Å². The highest BCUT2D eigenvalue weighted by atomic mass is 16.5. The summed E-state index contributed by atoms with van der Waals surface area (Å²) in [6.07, 6.45) is 0. The molecule has 7 nitrogen and oxygen atoms in total. The third kappa shape index (κ3) is 5.28. The van der Waals surface area contributed by atoms with Crippen LogP contribution >= 0.6 is 0 Å². The summed E-state index contributed by atoms with van der Waals surface area (Å²) in [5, 5.41) is 3.35. The first-order chi connectivity index (χ1) is 12.6. The minimum Gasteiger partial charge on any atom is -0.493 e. The number of hydrogen-bond donors (Lipinski definition) is 1. The minimum atomic E-state index is 0.133. The molecule has 1 aliphatic heterocycles. The molecular weight excluding hydrogens is 332 g/mol. The highest BCUT2D eigenvalue weighted by Crippen LogP contribution is 2.28. The van der Waals surface area contributed by atoms with Crippen LogP contribution in [0.1, 0.15) is 26.3 Å². The van der Waals surface area contributed by atoms with E-state index in [9.17, 15) is 4.79 Å². The third-order valence-electron chi connectivity index (χ3n) is 4.30. The number of piperazine rings is 1. The molecule has 144 valence electrons. The molecular formula is C19H30N4O3. The Morgan fingerprint density at radius 1 is 1.15 bits per heavy atom. The van der Waals surface area contributed by atoms with Crippen molar-refractivity contribution >= 4 is 11.9 Å². The van der Waals surface area contributed by atoms with E-state index < -0.39 is 0 Å². The van der Waals surface area contributed by atoms with Crippen molar-refractivity contribution in [2.75, 3.05) is 46.4 Å². The number of nitrogens with one attached hydrogen (secondary N) is 1. The Hall–Kier alpha value is -2.44. The molecule has 26 heavy (non-hydrogen) atoms. The molecule has 1 aliphatic rings. The van der Waals surface area contributed by atoms with Crippen molar-refractivity contribution in [3.63, 3.8) is 0 Å². The van der Waals surface area contributed by atoms with E-state index in [1.165, 1.54) is 0 Å². The molecule has 1 saturated heterocycles. The minimum absolute atomic E-state index is 0.133. The first-order valence-electron chi connectivity index (χ1n) is 9.17. The zero-order chi connectivity index (χ0) is 18.9. The Labute approximate surface area is 156 Å². The number of nitrogens with zero attached hydrogens (tertiary/aromatic N) is 3. The fourth-order valence-electron chi connectivity index (χ4n) is 2.91. The SMILES string of the molecule is CCNC(=NCc1ccc(OC)c(OCC)c1)N1CCN(C(C)=O)CC1. The summed E-state index contributed by atoms with van der Waals surface area (Å²) in [6, 6.07) is 5.89. The van der Waals surface area contributed by atoms with Gasteiger partial charge in [-0.1, -0.05) is 6.07 Å². The van der Waals surface area contributed by atoms with Crippen molar-refractivity contribution in [3.05, 3.63) is 23.8 Å². The monoisotopic (exact) mass is 362 g/mol. The smallest absolute Gasteiger partial charge is 0.219 e. The van der Waals surface area contributed by atoms with E-state index in [2.05, 4.69) is 17.1 Å². The van der Waals surface area contributed by atoms with Crippen LogP contribution in [0.2, 0.25) is 0 Å². The van der Waals surface area contributed by atoms with E-state index >= 15 is 0 Å². The molecule has 1 amide bonds. The average Bonchev–Trinajstić information content (AvgIpc) is 2.65. The van der Waals surface area contributed by atoms with Crippen molar-refractivity contribution in [1.29, 1.82) is 0 Å². The molecule has 1 fully saturated rings. The van der Waals surface area contributed by atoms with Crippen LogP contribution in [-0.2, 0) is 11.3 Å². The lowest BCUT2D eigenvalue weighted by Crippen LogP contribution is -2.53. The van der Waals surface area contributed by atoms with Gasteiger partial charge in [-0.2, -0.15) is 0 Å². The normalized spacial score (nSPS) is 15.0. The summed E-state index contributed by atoms with van der Waals surface area (Å²) >= 11 is 0. The Morgan fingerprint density at radius 2 is 1.85 bits per heavy atom. The van der Waals surface area contributed by atoms with E-state index in [1.807, 2.05) is 30.0 Å². The highest BCUT2D eigenvalue weighted by molar-refractivity contribution is 5.80. The van der Waals surface area contributed by atoms with E-state index in [4.69, 9.17) is 14.5 Å². The lowest BCUT2D eigenvalue weighted by Gasteiger charge is -2.36. The molecule has 2 rings (SSSR count). The predicted octanol–water partition coefficient (Wildman–Crippen LogP) is 1.72. The van der Waals surface area contributed by atoms with Crippen LogP contribution in [0.3, 0.4) is 0 Å². The molecule has 0 spiro atoms. The first-order valence-corrected chi connectivity index (χ1v) is 9.17. The van der Waals surface area contributed by atoms with Gasteiger partial charge >= 0.3 is 0 Å². The summed E-state index contributed by atoms with van der Waals surface area (Å²) in [5.41, 5.74) is 1.06. The van der Waals surface area contributed by atoms with Gasteiger partial charge in [0.1, 0.15) is 0 Å². The second-order valence-corrected chi connectivity index (χ2v) is 6.08. The van der Waals surface area contributed by atoms with Crippen LogP contribution < -0.4 is 14.8 Å². The van der Waals surface area contributed by atoms with Crippen LogP contribution in [0.4, 0.5) is 0 Å². The van der Waals surface area contributed by atoms with Crippen molar-refractivity contribution in [1.82, 2.24) is 15.1 Å². The van der Waals surface area contributed by atoms with Crippen molar-refractivity contribution in [3.8, 4) is 11.5 Å². The molecule has 0 unspecified atom stereocenters. The number of aliphatic imine (C=N–C) groups is 1. The zero-order valence-electron chi connectivity index (χ0n) is 16.2. The second kappa shape index (κ2) is 9.89. The van der Waals surface area contributed by atoms with Crippen molar-refractivity contribution in [2.45, 2.75) is 27.3 Å². The number of carbonyl (C=O) groups excluding carboxylic acids is 1. The summed E-state index contributed by atoms with van der Waals surface area (Å²) in [7, 11) is 1.64. The maximum atomic E-state index is 11.5. The van der Waals surface area contributed by atoms with E-state index in [0.717, 1.165) is 55.7 Å². The van der Waals surface area contributed by atoms with E-state index in [1.54, 1.807) is 14.0 Å². The first kappa shape index (κ1) is 19.9. The van der Waals surface area contributed by atoms with Crippen LogP contribution in [0, 0.1) is 0 Å². The molecule has 0 saturated carbocycles. The molecule has 0 bridgehead atoms. The molecule has 7 heteroatoms. The number of ether oxygens (including phenoxy) is 2. The largest absolute Gasteiger partial charge is 0.493 e. The van der Waals surface area contributed by atoms with Gasteiger partial charge in [-0.3, -0.25) is 4.79 Å². The summed E-state index contributed by atoms with van der Waals surface area (Å²) < 4.78 is 11.0. The predicted molar refractivity (Wildman–Crippen MR) is 103 cm³/mol. The lowest BCUT2D eigenvalue weighted by atomic mass is 10.2. The summed E-state index contributed by atoms with van der Waals surface area (Å²) in [5.74, 6) is 2.48. The maximum Gasteiger partial charge on any atom is 0.219 e. The topological polar surface area (TPSA) is 66.4 Å². The van der Waals surface area contributed by atoms with Gasteiger partial charge in [-0.25, -0.2) is 4.99 Å². The van der Waals surface area contributed by atoms with Gasteiger partial charge in [-0.05, 0) is 31.5 Å². The molecule has 1 aromatic carbocycles.